The van der Waals surface area contributed by atoms with Gasteiger partial charge in [0.25, 0.3) is 0 Å². The van der Waals surface area contributed by atoms with E-state index in [2.05, 4.69) is 5.32 Å². The predicted molar refractivity (Wildman–Crippen MR) is 111 cm³/mol. The largest absolute Gasteiger partial charge is 0.382 e. The third-order valence-corrected chi connectivity index (χ3v) is 4.46. The summed E-state index contributed by atoms with van der Waals surface area (Å²) < 4.78 is 5.33. The number of benzene rings is 2. The van der Waals surface area contributed by atoms with E-state index in [1.165, 1.54) is 0 Å². The van der Waals surface area contributed by atoms with Crippen molar-refractivity contribution in [2.24, 2.45) is 0 Å². The minimum atomic E-state index is -0.666. The predicted octanol–water partition coefficient (Wildman–Crippen LogP) is 3.71. The first kappa shape index (κ1) is 21.6. The standard InChI is InChI=1S/C23H30N2O3/c1-3-21(26)25(18-19-12-7-5-8-13-19)22(20-14-9-6-10-15-20)23(27)24-16-11-17-28-4-2/h5-10,12-15,22H,3-4,11,16-18H2,1-2H3,(H,24,27)/t22-/m0/s1. The van der Waals surface area contributed by atoms with Gasteiger partial charge in [-0.15, -0.1) is 0 Å². The molecule has 2 aromatic carbocycles. The summed E-state index contributed by atoms with van der Waals surface area (Å²) in [6.07, 6.45) is 1.08. The Morgan fingerprint density at radius 1 is 1.00 bits per heavy atom. The summed E-state index contributed by atoms with van der Waals surface area (Å²) in [7, 11) is 0. The van der Waals surface area contributed by atoms with Crippen molar-refractivity contribution in [2.45, 2.75) is 39.3 Å². The van der Waals surface area contributed by atoms with E-state index in [0.29, 0.717) is 32.7 Å². The van der Waals surface area contributed by atoms with Crippen LogP contribution in [0.3, 0.4) is 0 Å². The van der Waals surface area contributed by atoms with Gasteiger partial charge in [0.15, 0.2) is 0 Å². The van der Waals surface area contributed by atoms with Crippen molar-refractivity contribution in [3.63, 3.8) is 0 Å². The number of carbonyl (C=O) groups excluding carboxylic acids is 2. The van der Waals surface area contributed by atoms with E-state index in [9.17, 15) is 9.59 Å². The number of carbonyl (C=O) groups is 2. The summed E-state index contributed by atoms with van der Waals surface area (Å²) in [5, 5.41) is 2.97. The monoisotopic (exact) mass is 382 g/mol. The van der Waals surface area contributed by atoms with E-state index in [4.69, 9.17) is 4.74 Å². The number of rotatable bonds is 11. The molecule has 150 valence electrons. The normalized spacial score (nSPS) is 11.6. The fourth-order valence-corrected chi connectivity index (χ4v) is 3.04. The van der Waals surface area contributed by atoms with Gasteiger partial charge >= 0.3 is 0 Å². The molecule has 0 fully saturated rings. The topological polar surface area (TPSA) is 58.6 Å². The van der Waals surface area contributed by atoms with E-state index in [1.807, 2.05) is 74.5 Å². The molecule has 2 amide bonds. The number of nitrogens with zero attached hydrogens (tertiary/aromatic N) is 1. The van der Waals surface area contributed by atoms with E-state index in [1.54, 1.807) is 4.90 Å². The second-order valence-electron chi connectivity index (χ2n) is 6.52. The maximum atomic E-state index is 13.1. The number of hydrogen-bond donors (Lipinski definition) is 1. The minimum absolute atomic E-state index is 0.0535. The van der Waals surface area contributed by atoms with Crippen molar-refractivity contribution in [1.29, 1.82) is 0 Å². The van der Waals surface area contributed by atoms with Gasteiger partial charge in [0.05, 0.1) is 0 Å². The highest BCUT2D eigenvalue weighted by Crippen LogP contribution is 2.24. The summed E-state index contributed by atoms with van der Waals surface area (Å²) in [5.74, 6) is -0.220. The fourth-order valence-electron chi connectivity index (χ4n) is 3.04. The van der Waals surface area contributed by atoms with Crippen molar-refractivity contribution in [3.05, 3.63) is 71.8 Å². The minimum Gasteiger partial charge on any atom is -0.382 e. The van der Waals surface area contributed by atoms with Crippen molar-refractivity contribution in [3.8, 4) is 0 Å². The third kappa shape index (κ3) is 6.50. The van der Waals surface area contributed by atoms with Crippen LogP contribution in [0.15, 0.2) is 60.7 Å². The Morgan fingerprint density at radius 3 is 2.25 bits per heavy atom. The average Bonchev–Trinajstić information content (AvgIpc) is 2.74. The second-order valence-corrected chi connectivity index (χ2v) is 6.52. The molecular formula is C23H30N2O3. The van der Waals surface area contributed by atoms with Gasteiger partial charge in [-0.1, -0.05) is 67.6 Å². The van der Waals surface area contributed by atoms with Crippen LogP contribution in [0, 0.1) is 0 Å². The highest BCUT2D eigenvalue weighted by Gasteiger charge is 2.30. The number of ether oxygens (including phenoxy) is 1. The molecular weight excluding hydrogens is 352 g/mol. The third-order valence-electron chi connectivity index (χ3n) is 4.46. The lowest BCUT2D eigenvalue weighted by Gasteiger charge is -2.31. The van der Waals surface area contributed by atoms with Gasteiger partial charge in [-0.2, -0.15) is 0 Å². The Kier molecular flexibility index (Phi) is 9.22. The Morgan fingerprint density at radius 2 is 1.64 bits per heavy atom. The molecule has 0 unspecified atom stereocenters. The van der Waals surface area contributed by atoms with Gasteiger partial charge in [-0.3, -0.25) is 9.59 Å². The molecule has 0 spiro atoms. The first-order valence-corrected chi connectivity index (χ1v) is 9.91. The Bertz CT molecular complexity index is 719. The molecule has 5 heteroatoms. The smallest absolute Gasteiger partial charge is 0.247 e. The summed E-state index contributed by atoms with van der Waals surface area (Å²) in [6, 6.07) is 18.6. The highest BCUT2D eigenvalue weighted by molar-refractivity contribution is 5.88. The maximum Gasteiger partial charge on any atom is 0.247 e. The molecule has 0 saturated heterocycles. The Labute approximate surface area is 167 Å². The van der Waals surface area contributed by atoms with E-state index >= 15 is 0 Å². The van der Waals surface area contributed by atoms with Crippen LogP contribution in [0.1, 0.15) is 43.9 Å². The number of nitrogens with one attached hydrogen (secondary N) is 1. The van der Waals surface area contributed by atoms with Crippen LogP contribution < -0.4 is 5.32 Å². The molecule has 1 N–H and O–H groups in total. The van der Waals surface area contributed by atoms with Crippen LogP contribution in [0.25, 0.3) is 0 Å². The van der Waals surface area contributed by atoms with Crippen LogP contribution in [-0.2, 0) is 20.9 Å². The van der Waals surface area contributed by atoms with Crippen molar-refractivity contribution >= 4 is 11.8 Å². The lowest BCUT2D eigenvalue weighted by atomic mass is 10.0. The summed E-state index contributed by atoms with van der Waals surface area (Å²) >= 11 is 0. The fraction of sp³-hybridized carbons (Fsp3) is 0.391. The zero-order chi connectivity index (χ0) is 20.2. The van der Waals surface area contributed by atoms with Crippen LogP contribution in [0.4, 0.5) is 0 Å². The molecule has 0 aromatic heterocycles. The lowest BCUT2D eigenvalue weighted by molar-refractivity contribution is -0.141. The van der Waals surface area contributed by atoms with Crippen LogP contribution >= 0.6 is 0 Å². The molecule has 0 aliphatic heterocycles. The molecule has 0 radical (unpaired) electrons. The molecule has 2 rings (SSSR count). The average molecular weight is 383 g/mol. The van der Waals surface area contributed by atoms with Gasteiger partial charge in [-0.25, -0.2) is 0 Å². The Hall–Kier alpha value is -2.66. The molecule has 1 atom stereocenters. The first-order valence-electron chi connectivity index (χ1n) is 9.91. The Balaban J connectivity index is 2.23. The van der Waals surface area contributed by atoms with Gasteiger partial charge in [0.1, 0.15) is 6.04 Å². The van der Waals surface area contributed by atoms with Gasteiger partial charge in [-0.05, 0) is 24.5 Å². The highest BCUT2D eigenvalue weighted by atomic mass is 16.5. The molecule has 0 aliphatic rings. The summed E-state index contributed by atoms with van der Waals surface area (Å²) in [6.45, 7) is 5.94. The van der Waals surface area contributed by atoms with Crippen LogP contribution in [0.5, 0.6) is 0 Å². The van der Waals surface area contributed by atoms with E-state index in [0.717, 1.165) is 17.5 Å². The molecule has 5 nitrogen and oxygen atoms in total. The SMILES string of the molecule is CCOCCCNC(=O)[C@H](c1ccccc1)N(Cc1ccccc1)C(=O)CC. The van der Waals surface area contributed by atoms with Crippen molar-refractivity contribution < 1.29 is 14.3 Å². The van der Waals surface area contributed by atoms with Gasteiger partial charge in [0, 0.05) is 32.7 Å². The molecule has 0 bridgehead atoms. The van der Waals surface area contributed by atoms with Crippen LogP contribution in [-0.4, -0.2) is 36.5 Å². The number of amides is 2. The summed E-state index contributed by atoms with van der Waals surface area (Å²) in [4.78, 5) is 27.5. The van der Waals surface area contributed by atoms with E-state index < -0.39 is 6.04 Å². The quantitative estimate of drug-likeness (QED) is 0.603. The zero-order valence-electron chi connectivity index (χ0n) is 16.8. The molecule has 0 aliphatic carbocycles. The van der Waals surface area contributed by atoms with Gasteiger partial charge < -0.3 is 15.0 Å². The van der Waals surface area contributed by atoms with Crippen molar-refractivity contribution in [1.82, 2.24) is 10.2 Å². The molecule has 0 saturated carbocycles. The maximum absolute atomic E-state index is 13.1. The molecule has 28 heavy (non-hydrogen) atoms. The van der Waals surface area contributed by atoms with Crippen molar-refractivity contribution in [2.75, 3.05) is 19.8 Å². The first-order chi connectivity index (χ1) is 13.7. The summed E-state index contributed by atoms with van der Waals surface area (Å²) in [5.41, 5.74) is 1.80. The van der Waals surface area contributed by atoms with Gasteiger partial charge in [0.2, 0.25) is 11.8 Å². The zero-order valence-corrected chi connectivity index (χ0v) is 16.8. The molecule has 0 heterocycles. The number of hydrogen-bond acceptors (Lipinski definition) is 3. The molecule has 2 aromatic rings. The lowest BCUT2D eigenvalue weighted by Crippen LogP contribution is -2.43. The second kappa shape index (κ2) is 11.9. The van der Waals surface area contributed by atoms with E-state index in [-0.39, 0.29) is 11.8 Å². The van der Waals surface area contributed by atoms with Crippen LogP contribution in [0.2, 0.25) is 0 Å².